The van der Waals surface area contributed by atoms with Crippen LogP contribution in [-0.2, 0) is 4.79 Å². The largest absolute Gasteiger partial charge is 0.325 e. The molecule has 11 heteroatoms. The summed E-state index contributed by atoms with van der Waals surface area (Å²) in [7, 11) is 0. The molecule has 2 aromatic carbocycles. The highest BCUT2D eigenvalue weighted by atomic mass is 35.5. The first-order valence-electron chi connectivity index (χ1n) is 8.29. The molecule has 0 saturated heterocycles. The van der Waals surface area contributed by atoms with Crippen molar-refractivity contribution in [1.82, 2.24) is 24.8 Å². The van der Waals surface area contributed by atoms with Crippen LogP contribution in [0, 0.1) is 5.82 Å². The average molecular weight is 431 g/mol. The maximum absolute atomic E-state index is 12.9. The second kappa shape index (κ2) is 8.02. The van der Waals surface area contributed by atoms with E-state index in [0.717, 1.165) is 11.8 Å². The normalized spacial score (nSPS) is 11.0. The van der Waals surface area contributed by atoms with E-state index < -0.39 is 5.56 Å². The summed E-state index contributed by atoms with van der Waals surface area (Å²) in [6, 6.07) is 12.1. The Labute approximate surface area is 172 Å². The lowest BCUT2D eigenvalue weighted by Gasteiger charge is -2.05. The molecule has 0 aliphatic rings. The van der Waals surface area contributed by atoms with Gasteiger partial charge in [-0.05, 0) is 36.4 Å². The number of carbonyl (C=O) groups is 1. The number of benzene rings is 2. The molecule has 4 aromatic rings. The zero-order chi connectivity index (χ0) is 20.4. The molecule has 8 nitrogen and oxygen atoms in total. The smallest absolute Gasteiger partial charge is 0.279 e. The quantitative estimate of drug-likeness (QED) is 0.471. The fourth-order valence-corrected chi connectivity index (χ4v) is 3.29. The number of fused-ring (bicyclic) bond motifs is 1. The van der Waals surface area contributed by atoms with Crippen molar-refractivity contribution in [1.29, 1.82) is 0 Å². The van der Waals surface area contributed by atoms with Crippen LogP contribution in [0.1, 0.15) is 0 Å². The van der Waals surface area contributed by atoms with Gasteiger partial charge in [-0.15, -0.1) is 10.2 Å². The molecule has 2 aromatic heterocycles. The van der Waals surface area contributed by atoms with Gasteiger partial charge in [-0.3, -0.25) is 14.6 Å². The first-order chi connectivity index (χ1) is 14.0. The Hall–Kier alpha value is -3.24. The van der Waals surface area contributed by atoms with Crippen molar-refractivity contribution in [3.05, 3.63) is 69.7 Å². The Kier molecular flexibility index (Phi) is 5.28. The highest BCUT2D eigenvalue weighted by Gasteiger charge is 2.14. The molecule has 0 saturated carbocycles. The van der Waals surface area contributed by atoms with E-state index >= 15 is 0 Å². The summed E-state index contributed by atoms with van der Waals surface area (Å²) in [5.41, 5.74) is 0.816. The molecule has 1 amide bonds. The highest BCUT2D eigenvalue weighted by Crippen LogP contribution is 2.19. The number of rotatable bonds is 5. The van der Waals surface area contributed by atoms with Gasteiger partial charge in [0.1, 0.15) is 5.82 Å². The Morgan fingerprint density at radius 3 is 2.59 bits per heavy atom. The molecule has 0 unspecified atom stereocenters. The monoisotopic (exact) mass is 430 g/mol. The van der Waals surface area contributed by atoms with Crippen LogP contribution >= 0.6 is 23.4 Å². The molecule has 0 radical (unpaired) electrons. The van der Waals surface area contributed by atoms with Crippen LogP contribution in [0.5, 0.6) is 0 Å². The SMILES string of the molecule is O=C(CSc1nnc2[nH]c(=O)c(-c3ccc(Cl)cc3)nn12)Nc1ccc(F)cc1. The molecule has 2 N–H and O–H groups in total. The summed E-state index contributed by atoms with van der Waals surface area (Å²) in [4.78, 5) is 27.0. The summed E-state index contributed by atoms with van der Waals surface area (Å²) in [6.45, 7) is 0. The van der Waals surface area contributed by atoms with Gasteiger partial charge < -0.3 is 5.32 Å². The average Bonchev–Trinajstić information content (AvgIpc) is 3.10. The number of halogens is 2. The lowest BCUT2D eigenvalue weighted by molar-refractivity contribution is -0.113. The molecule has 0 aliphatic carbocycles. The molecule has 4 rings (SSSR count). The van der Waals surface area contributed by atoms with Gasteiger partial charge in [0.25, 0.3) is 11.3 Å². The minimum absolute atomic E-state index is 0.0231. The number of amides is 1. The number of nitrogens with zero attached hydrogens (tertiary/aromatic N) is 4. The van der Waals surface area contributed by atoms with E-state index in [0.29, 0.717) is 21.4 Å². The molecule has 0 aliphatic heterocycles. The number of hydrogen-bond acceptors (Lipinski definition) is 6. The van der Waals surface area contributed by atoms with E-state index in [9.17, 15) is 14.0 Å². The Morgan fingerprint density at radius 1 is 1.14 bits per heavy atom. The number of anilines is 1. The predicted octanol–water partition coefficient (Wildman–Crippen LogP) is 3.00. The van der Waals surface area contributed by atoms with Gasteiger partial charge in [0.15, 0.2) is 5.69 Å². The van der Waals surface area contributed by atoms with Crippen molar-refractivity contribution >= 4 is 40.7 Å². The van der Waals surface area contributed by atoms with Crippen molar-refractivity contribution in [3.8, 4) is 11.3 Å². The van der Waals surface area contributed by atoms with E-state index in [1.54, 1.807) is 24.3 Å². The lowest BCUT2D eigenvalue weighted by atomic mass is 10.2. The van der Waals surface area contributed by atoms with Crippen LogP contribution in [0.3, 0.4) is 0 Å². The second-order valence-electron chi connectivity index (χ2n) is 5.87. The van der Waals surface area contributed by atoms with Crippen LogP contribution < -0.4 is 10.9 Å². The Balaban J connectivity index is 1.54. The molecular formula is C18H12ClFN6O2S. The topological polar surface area (TPSA) is 105 Å². The van der Waals surface area contributed by atoms with Crippen LogP contribution in [0.2, 0.25) is 5.02 Å². The number of aromatic nitrogens is 5. The fraction of sp³-hybridized carbons (Fsp3) is 0.0556. The van der Waals surface area contributed by atoms with E-state index in [1.165, 1.54) is 28.8 Å². The summed E-state index contributed by atoms with van der Waals surface area (Å²) < 4.78 is 14.3. The van der Waals surface area contributed by atoms with Gasteiger partial charge in [-0.25, -0.2) is 4.39 Å². The predicted molar refractivity (Wildman–Crippen MR) is 108 cm³/mol. The summed E-state index contributed by atoms with van der Waals surface area (Å²) in [6.07, 6.45) is 0. The third-order valence-electron chi connectivity index (χ3n) is 3.83. The summed E-state index contributed by atoms with van der Waals surface area (Å²) >= 11 is 6.98. The molecule has 2 heterocycles. The molecular weight excluding hydrogens is 419 g/mol. The lowest BCUT2D eigenvalue weighted by Crippen LogP contribution is -2.16. The van der Waals surface area contributed by atoms with Crippen molar-refractivity contribution in [2.24, 2.45) is 0 Å². The maximum atomic E-state index is 12.9. The van der Waals surface area contributed by atoms with Gasteiger partial charge in [0.05, 0.1) is 5.75 Å². The zero-order valence-corrected chi connectivity index (χ0v) is 16.2. The number of H-pyrrole nitrogens is 1. The Morgan fingerprint density at radius 2 is 1.86 bits per heavy atom. The van der Waals surface area contributed by atoms with E-state index in [4.69, 9.17) is 11.6 Å². The van der Waals surface area contributed by atoms with Crippen LogP contribution in [0.15, 0.2) is 58.5 Å². The van der Waals surface area contributed by atoms with E-state index in [1.807, 2.05) is 0 Å². The van der Waals surface area contributed by atoms with Gasteiger partial charge in [-0.2, -0.15) is 9.61 Å². The Bertz CT molecular complexity index is 1240. The third-order valence-corrected chi connectivity index (χ3v) is 5.00. The van der Waals surface area contributed by atoms with Crippen molar-refractivity contribution in [2.75, 3.05) is 11.1 Å². The maximum Gasteiger partial charge on any atom is 0.279 e. The van der Waals surface area contributed by atoms with Crippen LogP contribution in [0.4, 0.5) is 10.1 Å². The number of carbonyl (C=O) groups excluding carboxylic acids is 1. The minimum Gasteiger partial charge on any atom is -0.325 e. The fourth-order valence-electron chi connectivity index (χ4n) is 2.49. The standard InChI is InChI=1S/C18H12ClFN6O2S/c19-11-3-1-10(2-4-11)15-16(28)22-17-23-24-18(26(17)25-15)29-9-14(27)21-13-7-5-12(20)6-8-13/h1-8H,9H2,(H,21,27)(H,22,23,28). The van der Waals surface area contributed by atoms with Gasteiger partial charge in [0.2, 0.25) is 11.1 Å². The van der Waals surface area contributed by atoms with Gasteiger partial charge in [0, 0.05) is 16.3 Å². The van der Waals surface area contributed by atoms with Crippen molar-refractivity contribution in [3.63, 3.8) is 0 Å². The van der Waals surface area contributed by atoms with Gasteiger partial charge in [-0.1, -0.05) is 35.5 Å². The minimum atomic E-state index is -0.419. The third kappa shape index (κ3) is 4.28. The first kappa shape index (κ1) is 19.1. The van der Waals surface area contributed by atoms with E-state index in [2.05, 4.69) is 25.6 Å². The molecule has 0 bridgehead atoms. The number of aromatic amines is 1. The molecule has 0 fully saturated rings. The van der Waals surface area contributed by atoms with Crippen molar-refractivity contribution < 1.29 is 9.18 Å². The summed E-state index contributed by atoms with van der Waals surface area (Å²) in [5, 5.41) is 15.7. The van der Waals surface area contributed by atoms with Crippen molar-refractivity contribution in [2.45, 2.75) is 5.16 Å². The molecule has 146 valence electrons. The van der Waals surface area contributed by atoms with E-state index in [-0.39, 0.29) is 28.9 Å². The second-order valence-corrected chi connectivity index (χ2v) is 7.25. The van der Waals surface area contributed by atoms with Crippen LogP contribution in [-0.4, -0.2) is 36.5 Å². The van der Waals surface area contributed by atoms with Crippen LogP contribution in [0.25, 0.3) is 17.0 Å². The number of thioether (sulfide) groups is 1. The van der Waals surface area contributed by atoms with Gasteiger partial charge >= 0.3 is 0 Å². The zero-order valence-electron chi connectivity index (χ0n) is 14.6. The first-order valence-corrected chi connectivity index (χ1v) is 9.66. The molecule has 29 heavy (non-hydrogen) atoms. The number of nitrogens with one attached hydrogen (secondary N) is 2. The molecule has 0 atom stereocenters. The highest BCUT2D eigenvalue weighted by molar-refractivity contribution is 7.99. The molecule has 0 spiro atoms. The summed E-state index contributed by atoms with van der Waals surface area (Å²) in [5.74, 6) is -0.506. The number of hydrogen-bond donors (Lipinski definition) is 2.